The van der Waals surface area contributed by atoms with Crippen LogP contribution in [0.3, 0.4) is 0 Å². The van der Waals surface area contributed by atoms with Crippen LogP contribution in [0.2, 0.25) is 0 Å². The van der Waals surface area contributed by atoms with Gasteiger partial charge in [-0.1, -0.05) is 24.3 Å². The van der Waals surface area contributed by atoms with Crippen molar-refractivity contribution in [2.45, 2.75) is 78.5 Å². The van der Waals surface area contributed by atoms with E-state index in [4.69, 9.17) is 28.4 Å². The molecule has 1 saturated heterocycles. The van der Waals surface area contributed by atoms with Gasteiger partial charge < -0.3 is 44.4 Å². The zero-order valence-corrected chi connectivity index (χ0v) is 33.9. The molecule has 5 rings (SSSR count). The highest BCUT2D eigenvalue weighted by Crippen LogP contribution is 2.32. The zero-order chi connectivity index (χ0) is 42.2. The molecule has 2 aromatic carbocycles. The van der Waals surface area contributed by atoms with Crippen LogP contribution in [0.5, 0.6) is 23.0 Å². The molecule has 0 saturated carbocycles. The van der Waals surface area contributed by atoms with Crippen LogP contribution in [-0.4, -0.2) is 95.9 Å². The Balaban J connectivity index is 1.23. The third-order valence-corrected chi connectivity index (χ3v) is 8.45. The lowest BCUT2D eigenvalue weighted by Crippen LogP contribution is -2.45. The summed E-state index contributed by atoms with van der Waals surface area (Å²) in [6, 6.07) is 15.5. The standard InChI is InChI=1S/C41H50N6O11/c1-40(2,3)57-38(51)35-30(21-46-22-31(37(50)47(35)46)45-39(52)58-41(4,5)6)36(49)44-20-34(48)43-18-27-17-32(55-23-25-9-13-28(53-7)14-10-25)33(19-42-27)56-24-26-11-15-29(54-8)16-12-26/h9-17,19,31H,18,20-24H2,1-8H3,(H,43,48)(H,44,49)(H,45,52)/t31-/m0/s1. The number of amides is 4. The number of carbonyl (C=O) groups excluding carboxylic acids is 5. The molecule has 0 aliphatic carbocycles. The number of pyridine rings is 1. The number of nitrogens with zero attached hydrogens (tertiary/aromatic N) is 3. The van der Waals surface area contributed by atoms with Crippen LogP contribution in [0.4, 0.5) is 4.79 Å². The van der Waals surface area contributed by atoms with E-state index < -0.39 is 53.6 Å². The third-order valence-electron chi connectivity index (χ3n) is 8.45. The predicted octanol–water partition coefficient (Wildman–Crippen LogP) is 3.55. The Kier molecular flexibility index (Phi) is 13.5. The molecule has 0 bridgehead atoms. The molecule has 2 aliphatic rings. The van der Waals surface area contributed by atoms with Crippen LogP contribution in [0.1, 0.15) is 58.4 Å². The number of nitrogens with one attached hydrogen (secondary N) is 3. The van der Waals surface area contributed by atoms with E-state index in [0.29, 0.717) is 22.9 Å². The third kappa shape index (κ3) is 11.6. The minimum Gasteiger partial charge on any atom is -0.497 e. The van der Waals surface area contributed by atoms with Crippen molar-refractivity contribution < 1.29 is 52.4 Å². The summed E-state index contributed by atoms with van der Waals surface area (Å²) in [5.41, 5.74) is 0.111. The highest BCUT2D eigenvalue weighted by atomic mass is 16.6. The highest BCUT2D eigenvalue weighted by molar-refractivity contribution is 6.07. The number of aromatic nitrogens is 1. The van der Waals surface area contributed by atoms with Crippen molar-refractivity contribution in [1.82, 2.24) is 31.0 Å². The maximum atomic E-state index is 13.5. The van der Waals surface area contributed by atoms with E-state index in [1.807, 2.05) is 48.5 Å². The van der Waals surface area contributed by atoms with E-state index in [1.54, 1.807) is 61.8 Å². The van der Waals surface area contributed by atoms with Crippen molar-refractivity contribution in [2.24, 2.45) is 0 Å². The maximum absolute atomic E-state index is 13.5. The number of methoxy groups -OCH3 is 2. The van der Waals surface area contributed by atoms with Gasteiger partial charge in [-0.25, -0.2) is 19.6 Å². The molecule has 310 valence electrons. The predicted molar refractivity (Wildman–Crippen MR) is 208 cm³/mol. The van der Waals surface area contributed by atoms with Gasteiger partial charge in [0, 0.05) is 12.6 Å². The van der Waals surface area contributed by atoms with Crippen LogP contribution in [0.25, 0.3) is 0 Å². The molecule has 17 heteroatoms. The minimum absolute atomic E-state index is 0.0136. The highest BCUT2D eigenvalue weighted by Gasteiger charge is 2.50. The van der Waals surface area contributed by atoms with Crippen LogP contribution in [0.15, 0.2) is 72.1 Å². The fourth-order valence-corrected chi connectivity index (χ4v) is 5.77. The molecule has 1 fully saturated rings. The van der Waals surface area contributed by atoms with Crippen molar-refractivity contribution in [2.75, 3.05) is 33.9 Å². The second-order valence-corrected chi connectivity index (χ2v) is 15.4. The quantitative estimate of drug-likeness (QED) is 0.189. The molecule has 17 nitrogen and oxygen atoms in total. The van der Waals surface area contributed by atoms with Crippen LogP contribution >= 0.6 is 0 Å². The normalized spacial score (nSPS) is 15.3. The minimum atomic E-state index is -1.04. The Morgan fingerprint density at radius 3 is 1.91 bits per heavy atom. The summed E-state index contributed by atoms with van der Waals surface area (Å²) in [7, 11) is 3.19. The monoisotopic (exact) mass is 802 g/mol. The van der Waals surface area contributed by atoms with Gasteiger partial charge in [0.25, 0.3) is 11.8 Å². The van der Waals surface area contributed by atoms with Gasteiger partial charge in [-0.3, -0.25) is 19.4 Å². The van der Waals surface area contributed by atoms with E-state index in [1.165, 1.54) is 11.2 Å². The van der Waals surface area contributed by atoms with E-state index in [-0.39, 0.29) is 44.1 Å². The second-order valence-electron chi connectivity index (χ2n) is 15.4. The Morgan fingerprint density at radius 2 is 1.36 bits per heavy atom. The van der Waals surface area contributed by atoms with E-state index in [0.717, 1.165) is 21.9 Å². The Hall–Kier alpha value is -6.36. The number of hydrazine groups is 1. The number of alkyl carbamates (subject to hydrolysis) is 1. The zero-order valence-electron chi connectivity index (χ0n) is 33.9. The van der Waals surface area contributed by atoms with Gasteiger partial charge in [0.05, 0.1) is 51.3 Å². The number of hydrogen-bond acceptors (Lipinski definition) is 13. The van der Waals surface area contributed by atoms with Crippen molar-refractivity contribution >= 4 is 29.8 Å². The molecule has 1 atom stereocenters. The van der Waals surface area contributed by atoms with E-state index in [9.17, 15) is 24.0 Å². The SMILES string of the molecule is COc1ccc(COc2cnc(CNC(=O)CNC(=O)C3=C(C(=O)OC(C)(C)C)N4C(=O)[C@@H](NC(=O)OC(C)(C)C)CN4C3)cc2OCc2ccc(OC)cc2)cc1. The molecular weight excluding hydrogens is 752 g/mol. The van der Waals surface area contributed by atoms with Crippen molar-refractivity contribution in [3.63, 3.8) is 0 Å². The maximum Gasteiger partial charge on any atom is 0.408 e. The lowest BCUT2D eigenvalue weighted by atomic mass is 10.1. The molecule has 0 radical (unpaired) electrons. The molecule has 3 heterocycles. The Bertz CT molecular complexity index is 2020. The Morgan fingerprint density at radius 1 is 0.793 bits per heavy atom. The van der Waals surface area contributed by atoms with Gasteiger partial charge in [-0.05, 0) is 76.9 Å². The summed E-state index contributed by atoms with van der Waals surface area (Å²) in [4.78, 5) is 70.2. The lowest BCUT2D eigenvalue weighted by Gasteiger charge is -2.24. The van der Waals surface area contributed by atoms with Crippen molar-refractivity contribution in [3.8, 4) is 23.0 Å². The average molecular weight is 803 g/mol. The summed E-state index contributed by atoms with van der Waals surface area (Å²) in [5, 5.41) is 10.3. The molecule has 4 amide bonds. The van der Waals surface area contributed by atoms with Gasteiger partial charge >= 0.3 is 12.1 Å². The molecular formula is C41H50N6O11. The smallest absolute Gasteiger partial charge is 0.408 e. The van der Waals surface area contributed by atoms with Crippen LogP contribution in [-0.2, 0) is 48.4 Å². The molecule has 3 aromatic rings. The Labute approximate surface area is 336 Å². The summed E-state index contributed by atoms with van der Waals surface area (Å²) in [6.07, 6.45) is 0.707. The van der Waals surface area contributed by atoms with Crippen molar-refractivity contribution in [3.05, 3.63) is 88.9 Å². The number of esters is 1. The molecule has 58 heavy (non-hydrogen) atoms. The first-order chi connectivity index (χ1) is 27.4. The molecule has 1 aromatic heterocycles. The number of benzene rings is 2. The fourth-order valence-electron chi connectivity index (χ4n) is 5.77. The number of rotatable bonds is 15. The topological polar surface area (TPSA) is 196 Å². The summed E-state index contributed by atoms with van der Waals surface area (Å²) in [6.45, 7) is 9.80. The average Bonchev–Trinajstić information content (AvgIpc) is 3.69. The molecule has 2 aliphatic heterocycles. The summed E-state index contributed by atoms with van der Waals surface area (Å²) < 4.78 is 33.5. The number of carbonyl (C=O) groups is 5. The molecule has 0 spiro atoms. The fraction of sp³-hybridized carbons (Fsp3) is 0.415. The van der Waals surface area contributed by atoms with Gasteiger partial charge in [0.2, 0.25) is 5.91 Å². The largest absolute Gasteiger partial charge is 0.497 e. The first-order valence-corrected chi connectivity index (χ1v) is 18.5. The first kappa shape index (κ1) is 42.8. The second kappa shape index (κ2) is 18.3. The van der Waals surface area contributed by atoms with E-state index in [2.05, 4.69) is 20.9 Å². The summed E-state index contributed by atoms with van der Waals surface area (Å²) >= 11 is 0. The van der Waals surface area contributed by atoms with Crippen molar-refractivity contribution in [1.29, 1.82) is 0 Å². The van der Waals surface area contributed by atoms with Gasteiger partial charge in [0.15, 0.2) is 17.2 Å². The molecule has 0 unspecified atom stereocenters. The number of hydrogen-bond donors (Lipinski definition) is 3. The van der Waals surface area contributed by atoms with Crippen LogP contribution < -0.4 is 34.9 Å². The van der Waals surface area contributed by atoms with E-state index >= 15 is 0 Å². The van der Waals surface area contributed by atoms with Gasteiger partial charge in [-0.2, -0.15) is 0 Å². The summed E-state index contributed by atoms with van der Waals surface area (Å²) in [5.74, 6) is -0.642. The molecule has 3 N–H and O–H groups in total. The van der Waals surface area contributed by atoms with Gasteiger partial charge in [0.1, 0.15) is 42.0 Å². The number of ether oxygens (including phenoxy) is 6. The van der Waals surface area contributed by atoms with Crippen LogP contribution in [0, 0.1) is 0 Å². The number of fused-ring (bicyclic) bond motifs is 1. The first-order valence-electron chi connectivity index (χ1n) is 18.5. The van der Waals surface area contributed by atoms with Gasteiger partial charge in [-0.15, -0.1) is 0 Å². The lowest BCUT2D eigenvalue weighted by molar-refractivity contribution is -0.156.